The summed E-state index contributed by atoms with van der Waals surface area (Å²) in [5, 5.41) is 0. The summed E-state index contributed by atoms with van der Waals surface area (Å²) in [6.45, 7) is 0. The fourth-order valence-corrected chi connectivity index (χ4v) is 3.74. The van der Waals surface area contributed by atoms with Crippen LogP contribution in [0.4, 0.5) is 32.0 Å². The maximum atomic E-state index is 12.8. The van der Waals surface area contributed by atoms with Crippen molar-refractivity contribution < 1.29 is 34.8 Å². The summed E-state index contributed by atoms with van der Waals surface area (Å²) in [5.41, 5.74) is -4.65. The quantitative estimate of drug-likeness (QED) is 0.339. The molecule has 33 heavy (non-hydrogen) atoms. The number of fused-ring (bicyclic) bond motifs is 1. The van der Waals surface area contributed by atoms with Crippen molar-refractivity contribution >= 4 is 26.7 Å². The summed E-state index contributed by atoms with van der Waals surface area (Å²) in [6, 6.07) is 14.6. The Labute approximate surface area is 183 Å². The molecule has 2 N–H and O–H groups in total. The van der Waals surface area contributed by atoms with Crippen molar-refractivity contribution in [2.45, 2.75) is 11.7 Å². The minimum absolute atomic E-state index is 0.193. The highest BCUT2D eigenvalue weighted by Gasteiger charge is 2.46. The topological polar surface area (TPSA) is 74.8 Å². The zero-order valence-corrected chi connectivity index (χ0v) is 17.1. The normalized spacial score (nSPS) is 12.8. The molecule has 0 saturated heterocycles. The molecule has 12 heteroatoms. The molecule has 0 aliphatic carbocycles. The molecule has 0 amide bonds. The molecule has 0 spiro atoms. The zero-order valence-electron chi connectivity index (χ0n) is 16.3. The molecule has 4 rings (SSSR count). The van der Waals surface area contributed by atoms with Gasteiger partial charge in [-0.15, -0.1) is 0 Å². The van der Waals surface area contributed by atoms with E-state index in [1.165, 1.54) is 36.4 Å². The summed E-state index contributed by atoms with van der Waals surface area (Å²) >= 11 is 0. The second kappa shape index (κ2) is 7.80. The molecular weight excluding hydrogens is 472 g/mol. The van der Waals surface area contributed by atoms with Gasteiger partial charge in [0, 0.05) is 11.1 Å². The molecule has 0 atom stereocenters. The van der Waals surface area contributed by atoms with Crippen LogP contribution in [0.5, 0.6) is 0 Å². The zero-order chi connectivity index (χ0) is 24.0. The van der Waals surface area contributed by atoms with Gasteiger partial charge >= 0.3 is 21.7 Å². The van der Waals surface area contributed by atoms with Crippen LogP contribution < -0.4 is 4.72 Å². The fraction of sp³-hybridized carbons (Fsp3) is 0.0952. The highest BCUT2D eigenvalue weighted by molar-refractivity contribution is 7.93. The van der Waals surface area contributed by atoms with E-state index in [2.05, 4.69) is 9.97 Å². The van der Waals surface area contributed by atoms with E-state index in [4.69, 9.17) is 0 Å². The number of aromatic amines is 1. The lowest BCUT2D eigenvalue weighted by Gasteiger charge is -2.14. The first-order valence-corrected chi connectivity index (χ1v) is 10.7. The van der Waals surface area contributed by atoms with Crippen LogP contribution in [0.25, 0.3) is 33.5 Å². The van der Waals surface area contributed by atoms with Gasteiger partial charge in [0.15, 0.2) is 0 Å². The molecule has 4 aromatic rings. The molecule has 172 valence electrons. The smallest absolute Gasteiger partial charge is 0.338 e. The van der Waals surface area contributed by atoms with Gasteiger partial charge in [0.05, 0.1) is 22.3 Å². The molecule has 5 nitrogen and oxygen atoms in total. The molecule has 1 aromatic heterocycles. The van der Waals surface area contributed by atoms with Crippen molar-refractivity contribution in [3.8, 4) is 22.5 Å². The van der Waals surface area contributed by atoms with Crippen LogP contribution in [-0.4, -0.2) is 23.9 Å². The van der Waals surface area contributed by atoms with Gasteiger partial charge in [0.1, 0.15) is 5.82 Å². The van der Waals surface area contributed by atoms with Crippen LogP contribution in [0, 0.1) is 0 Å². The van der Waals surface area contributed by atoms with E-state index in [0.717, 1.165) is 12.1 Å². The maximum Gasteiger partial charge on any atom is 0.516 e. The lowest BCUT2D eigenvalue weighted by Crippen LogP contribution is -2.30. The molecule has 1 heterocycles. The molecule has 0 radical (unpaired) electrons. The number of nitrogens with one attached hydrogen (secondary N) is 2. The highest BCUT2D eigenvalue weighted by atomic mass is 32.2. The Morgan fingerprint density at radius 2 is 1.45 bits per heavy atom. The average Bonchev–Trinajstić information content (AvgIpc) is 3.16. The van der Waals surface area contributed by atoms with E-state index in [9.17, 15) is 34.8 Å². The van der Waals surface area contributed by atoms with Gasteiger partial charge < -0.3 is 4.98 Å². The van der Waals surface area contributed by atoms with Gasteiger partial charge in [0.25, 0.3) is 0 Å². The summed E-state index contributed by atoms with van der Waals surface area (Å²) in [6.07, 6.45) is -4.47. The van der Waals surface area contributed by atoms with Gasteiger partial charge in [-0.2, -0.15) is 34.8 Å². The molecule has 0 fully saturated rings. The van der Waals surface area contributed by atoms with Crippen LogP contribution >= 0.6 is 0 Å². The number of benzene rings is 3. The van der Waals surface area contributed by atoms with Gasteiger partial charge in [-0.25, -0.2) is 4.98 Å². The number of H-pyrrole nitrogens is 1. The first-order chi connectivity index (χ1) is 15.3. The van der Waals surface area contributed by atoms with Crippen LogP contribution in [-0.2, 0) is 16.2 Å². The second-order valence-corrected chi connectivity index (χ2v) is 8.66. The predicted octanol–water partition coefficient (Wildman–Crippen LogP) is 6.18. The molecule has 3 aromatic carbocycles. The second-order valence-electron chi connectivity index (χ2n) is 6.99. The summed E-state index contributed by atoms with van der Waals surface area (Å²) in [7, 11) is -5.62. The van der Waals surface area contributed by atoms with Crippen LogP contribution in [0.2, 0.25) is 0 Å². The van der Waals surface area contributed by atoms with Gasteiger partial charge in [-0.05, 0) is 35.9 Å². The average molecular weight is 485 g/mol. The minimum Gasteiger partial charge on any atom is -0.338 e. The highest BCUT2D eigenvalue weighted by Crippen LogP contribution is 2.34. The van der Waals surface area contributed by atoms with E-state index in [0.29, 0.717) is 28.0 Å². The largest absolute Gasteiger partial charge is 0.516 e. The first kappa shape index (κ1) is 22.6. The van der Waals surface area contributed by atoms with Crippen LogP contribution in [0.15, 0.2) is 66.7 Å². The van der Waals surface area contributed by atoms with E-state index >= 15 is 0 Å². The van der Waals surface area contributed by atoms with Crippen molar-refractivity contribution in [1.29, 1.82) is 0 Å². The molecule has 0 aliphatic heterocycles. The standard InChI is InChI=1S/C21H13F6N3O2S/c22-20(23,24)14-8-5-12(6-9-14)19-28-17-10-7-13(11-18(17)29-19)15-3-1-2-4-16(15)30-33(31,32)21(25,26)27/h1-11,30H,(H,28,29). The number of nitrogens with zero attached hydrogens (tertiary/aromatic N) is 1. The molecule has 0 aliphatic rings. The lowest BCUT2D eigenvalue weighted by molar-refractivity contribution is -0.137. The monoisotopic (exact) mass is 485 g/mol. The third-order valence-electron chi connectivity index (χ3n) is 4.75. The number of hydrogen-bond donors (Lipinski definition) is 2. The molecule has 0 saturated carbocycles. The summed E-state index contributed by atoms with van der Waals surface area (Å²) < 4.78 is 101. The number of anilines is 1. The van der Waals surface area contributed by atoms with Crippen molar-refractivity contribution in [2.75, 3.05) is 4.72 Å². The number of rotatable bonds is 4. The predicted molar refractivity (Wildman–Crippen MR) is 111 cm³/mol. The van der Waals surface area contributed by atoms with E-state index in [1.54, 1.807) is 22.9 Å². The number of sulfonamides is 1. The third-order valence-corrected chi connectivity index (χ3v) is 5.85. The Morgan fingerprint density at radius 3 is 2.09 bits per heavy atom. The van der Waals surface area contributed by atoms with Gasteiger partial charge in [0.2, 0.25) is 0 Å². The Morgan fingerprint density at radius 1 is 0.818 bits per heavy atom. The van der Waals surface area contributed by atoms with Crippen LogP contribution in [0.3, 0.4) is 0 Å². The van der Waals surface area contributed by atoms with Crippen molar-refractivity contribution in [3.63, 3.8) is 0 Å². The van der Waals surface area contributed by atoms with Crippen LogP contribution in [0.1, 0.15) is 5.56 Å². The molecule has 0 bridgehead atoms. The van der Waals surface area contributed by atoms with E-state index < -0.39 is 27.3 Å². The maximum absolute atomic E-state index is 12.8. The van der Waals surface area contributed by atoms with Crippen molar-refractivity contribution in [1.82, 2.24) is 9.97 Å². The Hall–Kier alpha value is -3.54. The minimum atomic E-state index is -5.62. The Balaban J connectivity index is 1.71. The SMILES string of the molecule is O=S(=O)(Nc1ccccc1-c1ccc2nc(-c3ccc(C(F)(F)F)cc3)[nH]c2c1)C(F)(F)F. The summed E-state index contributed by atoms with van der Waals surface area (Å²) in [5.74, 6) is 0.293. The summed E-state index contributed by atoms with van der Waals surface area (Å²) in [4.78, 5) is 7.29. The van der Waals surface area contributed by atoms with Crippen molar-refractivity contribution in [2.24, 2.45) is 0 Å². The van der Waals surface area contributed by atoms with Crippen molar-refractivity contribution in [3.05, 3.63) is 72.3 Å². The Bertz CT molecular complexity index is 1430. The van der Waals surface area contributed by atoms with E-state index in [-0.39, 0.29) is 11.3 Å². The van der Waals surface area contributed by atoms with E-state index in [1.807, 2.05) is 0 Å². The number of para-hydroxylation sites is 1. The number of hydrogen-bond acceptors (Lipinski definition) is 3. The Kier molecular flexibility index (Phi) is 5.35. The lowest BCUT2D eigenvalue weighted by atomic mass is 10.0. The fourth-order valence-electron chi connectivity index (χ4n) is 3.16. The number of halogens is 6. The number of imidazole rings is 1. The molecular formula is C21H13F6N3O2S. The van der Waals surface area contributed by atoms with Gasteiger partial charge in [-0.1, -0.05) is 36.4 Å². The first-order valence-electron chi connectivity index (χ1n) is 9.21. The van der Waals surface area contributed by atoms with Gasteiger partial charge in [-0.3, -0.25) is 4.72 Å². The third kappa shape index (κ3) is 4.51. The molecule has 0 unspecified atom stereocenters. The number of aromatic nitrogens is 2. The number of alkyl halides is 6.